The molecule has 13 heteroatoms. The molecule has 0 fully saturated rings. The van der Waals surface area contributed by atoms with Gasteiger partial charge in [0, 0.05) is 18.5 Å². The van der Waals surface area contributed by atoms with E-state index in [4.69, 9.17) is 0 Å². The van der Waals surface area contributed by atoms with Crippen LogP contribution in [-0.2, 0) is 35.2 Å². The lowest BCUT2D eigenvalue weighted by molar-refractivity contribution is -0.127. The summed E-state index contributed by atoms with van der Waals surface area (Å²) in [6, 6.07) is 8.21. The largest absolute Gasteiger partial charge is 0.387 e. The van der Waals surface area contributed by atoms with Crippen LogP contribution in [0.15, 0.2) is 42.5 Å². The summed E-state index contributed by atoms with van der Waals surface area (Å²) < 4.78 is 0. The Morgan fingerprint density at radius 3 is 2.38 bits per heavy atom. The van der Waals surface area contributed by atoms with Crippen molar-refractivity contribution in [1.29, 1.82) is 0 Å². The predicted octanol–water partition coefficient (Wildman–Crippen LogP) is -0.654. The molecule has 0 saturated carbocycles. The highest BCUT2D eigenvalue weighted by molar-refractivity contribution is 6.11. The topological polar surface area (TPSA) is 183 Å². The Hall–Kier alpha value is -4.78. The second-order valence-corrected chi connectivity index (χ2v) is 9.21. The lowest BCUT2D eigenvalue weighted by Gasteiger charge is -2.25. The van der Waals surface area contributed by atoms with E-state index in [-0.39, 0.29) is 48.0 Å². The average Bonchev–Trinajstić information content (AvgIpc) is 3.02. The number of pyridine rings is 1. The third-order valence-electron chi connectivity index (χ3n) is 5.92. The minimum absolute atomic E-state index is 0.00582. The molecule has 1 aromatic heterocycles. The number of anilines is 2. The molecule has 3 N–H and O–H groups in total. The number of nitrogens with one attached hydrogen (secondary N) is 2. The molecule has 1 aliphatic heterocycles. The molecular formula is C27H29N5O8. The molecule has 40 heavy (non-hydrogen) atoms. The minimum Gasteiger partial charge on any atom is -0.387 e. The summed E-state index contributed by atoms with van der Waals surface area (Å²) in [5, 5.41) is 14.5. The number of ketones is 2. The van der Waals surface area contributed by atoms with E-state index in [1.54, 1.807) is 18.2 Å². The first kappa shape index (κ1) is 29.8. The summed E-state index contributed by atoms with van der Waals surface area (Å²) in [6.07, 6.45) is 0.189. The molecule has 3 rings (SSSR count). The van der Waals surface area contributed by atoms with E-state index >= 15 is 0 Å². The number of nitrogens with zero attached hydrogens (tertiary/aromatic N) is 3. The summed E-state index contributed by atoms with van der Waals surface area (Å²) in [5.74, 6) is -3.51. The van der Waals surface area contributed by atoms with Crippen molar-refractivity contribution in [3.63, 3.8) is 0 Å². The van der Waals surface area contributed by atoms with Gasteiger partial charge in [0.2, 0.25) is 5.91 Å². The van der Waals surface area contributed by atoms with Gasteiger partial charge in [-0.1, -0.05) is 18.2 Å². The second-order valence-electron chi connectivity index (χ2n) is 9.21. The maximum Gasteiger partial charge on any atom is 0.270 e. The number of benzene rings is 1. The highest BCUT2D eigenvalue weighted by atomic mass is 16.3. The molecule has 2 atom stereocenters. The van der Waals surface area contributed by atoms with E-state index < -0.39 is 48.9 Å². The van der Waals surface area contributed by atoms with Crippen LogP contribution in [0.4, 0.5) is 11.4 Å². The summed E-state index contributed by atoms with van der Waals surface area (Å²) in [4.78, 5) is 93.0. The summed E-state index contributed by atoms with van der Waals surface area (Å²) in [7, 11) is 0. The maximum atomic E-state index is 13.8. The molecule has 13 nitrogen and oxygen atoms in total. The molecule has 0 saturated heterocycles. The van der Waals surface area contributed by atoms with E-state index in [9.17, 15) is 38.7 Å². The van der Waals surface area contributed by atoms with E-state index in [1.807, 2.05) is 0 Å². The van der Waals surface area contributed by atoms with Gasteiger partial charge in [-0.2, -0.15) is 0 Å². The molecule has 0 bridgehead atoms. The summed E-state index contributed by atoms with van der Waals surface area (Å²) >= 11 is 0. The molecular weight excluding hydrogens is 522 g/mol. The van der Waals surface area contributed by atoms with Crippen molar-refractivity contribution in [2.75, 3.05) is 29.5 Å². The van der Waals surface area contributed by atoms with Crippen molar-refractivity contribution in [1.82, 2.24) is 15.6 Å². The normalized spacial score (nSPS) is 15.4. The van der Waals surface area contributed by atoms with Crippen molar-refractivity contribution in [3.8, 4) is 0 Å². The van der Waals surface area contributed by atoms with Crippen molar-refractivity contribution in [3.05, 3.63) is 53.9 Å². The van der Waals surface area contributed by atoms with Crippen LogP contribution in [0.1, 0.15) is 36.5 Å². The number of para-hydroxylation sites is 2. The number of carbonyl (C=O) groups excluding carboxylic acids is 7. The van der Waals surface area contributed by atoms with Gasteiger partial charge in [0.1, 0.15) is 42.7 Å². The zero-order chi connectivity index (χ0) is 29.4. The van der Waals surface area contributed by atoms with Crippen LogP contribution in [0.2, 0.25) is 0 Å². The van der Waals surface area contributed by atoms with Crippen LogP contribution in [-0.4, -0.2) is 83.4 Å². The van der Waals surface area contributed by atoms with Gasteiger partial charge in [0.15, 0.2) is 0 Å². The first-order valence-corrected chi connectivity index (χ1v) is 12.4. The number of aldehydes is 1. The Bertz CT molecular complexity index is 1340. The zero-order valence-corrected chi connectivity index (χ0v) is 22.0. The van der Waals surface area contributed by atoms with Crippen LogP contribution in [0, 0.1) is 0 Å². The lowest BCUT2D eigenvalue weighted by Crippen LogP contribution is -2.55. The van der Waals surface area contributed by atoms with Gasteiger partial charge in [-0.25, -0.2) is 4.98 Å². The van der Waals surface area contributed by atoms with E-state index in [2.05, 4.69) is 15.6 Å². The number of fused-ring (bicyclic) bond motifs is 1. The Labute approximate surface area is 229 Å². The molecule has 4 amide bonds. The van der Waals surface area contributed by atoms with Gasteiger partial charge >= 0.3 is 0 Å². The second kappa shape index (κ2) is 13.3. The Morgan fingerprint density at radius 2 is 1.75 bits per heavy atom. The highest BCUT2D eigenvalue weighted by Gasteiger charge is 2.38. The molecule has 1 aromatic carbocycles. The predicted molar refractivity (Wildman–Crippen MR) is 141 cm³/mol. The number of amides is 4. The first-order chi connectivity index (χ1) is 19.0. The number of aliphatic hydroxyl groups excluding tert-OH is 1. The van der Waals surface area contributed by atoms with Gasteiger partial charge in [-0.15, -0.1) is 0 Å². The fraction of sp³-hybridized carbons (Fsp3) is 0.333. The molecule has 0 spiro atoms. The van der Waals surface area contributed by atoms with E-state index in [1.165, 1.54) is 38.1 Å². The fourth-order valence-electron chi connectivity index (χ4n) is 4.21. The molecule has 210 valence electrons. The molecule has 0 radical (unpaired) electrons. The van der Waals surface area contributed by atoms with Gasteiger partial charge in [0.25, 0.3) is 17.7 Å². The van der Waals surface area contributed by atoms with Crippen LogP contribution in [0.3, 0.4) is 0 Å². The smallest absolute Gasteiger partial charge is 0.270 e. The van der Waals surface area contributed by atoms with Crippen molar-refractivity contribution in [2.45, 2.75) is 38.8 Å². The van der Waals surface area contributed by atoms with Crippen molar-refractivity contribution >= 4 is 52.9 Å². The lowest BCUT2D eigenvalue weighted by atomic mass is 10.1. The number of hydrogen-bond acceptors (Lipinski definition) is 9. The highest BCUT2D eigenvalue weighted by Crippen LogP contribution is 2.33. The third kappa shape index (κ3) is 7.41. The van der Waals surface area contributed by atoms with Gasteiger partial charge < -0.3 is 25.4 Å². The Kier molecular flexibility index (Phi) is 9.92. The Balaban J connectivity index is 1.95. The maximum absolute atomic E-state index is 13.8. The minimum atomic E-state index is -1.37. The van der Waals surface area contributed by atoms with Gasteiger partial charge in [0.05, 0.1) is 24.0 Å². The third-order valence-corrected chi connectivity index (χ3v) is 5.92. The number of hydrogen-bond donors (Lipinski definition) is 3. The SMILES string of the molecule is CC(=O)Cc1cccc(C(=O)N[C@H]2CN(C(=O)CO)c3ccccc3N(CC(=O)N[C@H](C=O)CC(C)=O)C2=O)n1. The number of carbonyl (C=O) groups is 7. The molecule has 2 heterocycles. The van der Waals surface area contributed by atoms with Crippen molar-refractivity contribution in [2.24, 2.45) is 0 Å². The monoisotopic (exact) mass is 551 g/mol. The van der Waals surface area contributed by atoms with Gasteiger partial charge in [-0.05, 0) is 38.1 Å². The van der Waals surface area contributed by atoms with Crippen LogP contribution < -0.4 is 20.4 Å². The van der Waals surface area contributed by atoms with E-state index in [0.717, 1.165) is 9.80 Å². The standard InChI is InChI=1S/C27H29N5O8/c1-16(35)10-18-6-5-7-20(28-18)26(39)30-21-12-31(25(38)15-34)22-8-3-4-9-23(22)32(27(21)40)13-24(37)29-19(14-33)11-17(2)36/h3-9,14,19,21,34H,10-13,15H2,1-2H3,(H,29,37)(H,30,39)/t19-,21-/m0/s1. The molecule has 1 aliphatic rings. The van der Waals surface area contributed by atoms with Crippen molar-refractivity contribution < 1.29 is 38.7 Å². The van der Waals surface area contributed by atoms with Crippen LogP contribution >= 0.6 is 0 Å². The van der Waals surface area contributed by atoms with Crippen LogP contribution in [0.5, 0.6) is 0 Å². The quantitative estimate of drug-likeness (QED) is 0.305. The number of aliphatic hydroxyl groups is 1. The first-order valence-electron chi connectivity index (χ1n) is 12.4. The molecule has 0 unspecified atom stereocenters. The van der Waals surface area contributed by atoms with E-state index in [0.29, 0.717) is 12.0 Å². The average molecular weight is 552 g/mol. The fourth-order valence-corrected chi connectivity index (χ4v) is 4.21. The molecule has 2 aromatic rings. The summed E-state index contributed by atoms with van der Waals surface area (Å²) in [6.45, 7) is 0.795. The summed E-state index contributed by atoms with van der Waals surface area (Å²) in [5.41, 5.74) is 0.634. The number of Topliss-reactive ketones (excluding diaryl/α,β-unsaturated/α-hetero) is 2. The van der Waals surface area contributed by atoms with Crippen LogP contribution in [0.25, 0.3) is 0 Å². The number of rotatable bonds is 11. The Morgan fingerprint density at radius 1 is 1.05 bits per heavy atom. The molecule has 0 aliphatic carbocycles. The van der Waals surface area contributed by atoms with Gasteiger partial charge in [-0.3, -0.25) is 33.7 Å². The zero-order valence-electron chi connectivity index (χ0n) is 22.0. The number of aromatic nitrogens is 1.